The Labute approximate surface area is 119 Å². The smallest absolute Gasteiger partial charge is 0.338 e. The summed E-state index contributed by atoms with van der Waals surface area (Å²) in [5.74, 6) is -0.748. The van der Waals surface area contributed by atoms with E-state index in [4.69, 9.17) is 9.15 Å². The van der Waals surface area contributed by atoms with E-state index in [1.807, 2.05) is 0 Å². The van der Waals surface area contributed by atoms with Crippen LogP contribution in [0, 0.1) is 0 Å². The van der Waals surface area contributed by atoms with Crippen LogP contribution in [-0.2, 0) is 9.53 Å². The number of amides is 1. The molecule has 2 rings (SSSR count). The summed E-state index contributed by atoms with van der Waals surface area (Å²) in [5.41, 5.74) is -0.145. The maximum absolute atomic E-state index is 11.8. The number of carbonyl (C=O) groups is 2. The van der Waals surface area contributed by atoms with Gasteiger partial charge in [-0.15, -0.1) is 0 Å². The fourth-order valence-corrected chi connectivity index (χ4v) is 1.94. The van der Waals surface area contributed by atoms with Crippen molar-refractivity contribution in [2.24, 2.45) is 0 Å². The van der Waals surface area contributed by atoms with E-state index >= 15 is 0 Å². The molecule has 1 N–H and O–H groups in total. The highest BCUT2D eigenvalue weighted by atomic mass is 16.5. The van der Waals surface area contributed by atoms with Crippen molar-refractivity contribution in [1.82, 2.24) is 0 Å². The van der Waals surface area contributed by atoms with Gasteiger partial charge in [0.05, 0.1) is 19.8 Å². The third-order valence-corrected chi connectivity index (χ3v) is 2.76. The van der Waals surface area contributed by atoms with E-state index in [-0.39, 0.29) is 22.8 Å². The average Bonchev–Trinajstić information content (AvgIpc) is 2.44. The number of nitrogens with one attached hydrogen (secondary N) is 1. The van der Waals surface area contributed by atoms with Crippen LogP contribution in [0.25, 0.3) is 11.0 Å². The summed E-state index contributed by atoms with van der Waals surface area (Å²) in [6.07, 6.45) is 0. The van der Waals surface area contributed by atoms with Crippen molar-refractivity contribution in [1.29, 1.82) is 0 Å². The van der Waals surface area contributed by atoms with Gasteiger partial charge in [0.1, 0.15) is 0 Å². The van der Waals surface area contributed by atoms with Crippen molar-refractivity contribution >= 4 is 28.5 Å². The van der Waals surface area contributed by atoms with E-state index in [2.05, 4.69) is 10.1 Å². The van der Waals surface area contributed by atoms with E-state index in [9.17, 15) is 14.4 Å². The first-order chi connectivity index (χ1) is 9.96. The summed E-state index contributed by atoms with van der Waals surface area (Å²) >= 11 is 0. The molecule has 0 aliphatic heterocycles. The lowest BCUT2D eigenvalue weighted by Gasteiger charge is -2.10. The van der Waals surface area contributed by atoms with Gasteiger partial charge in [-0.1, -0.05) is 0 Å². The Hall–Kier alpha value is -2.83. The van der Waals surface area contributed by atoms with Crippen molar-refractivity contribution in [3.63, 3.8) is 0 Å². The van der Waals surface area contributed by atoms with Crippen LogP contribution in [0.3, 0.4) is 0 Å². The minimum Gasteiger partial charge on any atom is -0.493 e. The molecule has 0 saturated heterocycles. The number of fused-ring (bicyclic) bond motifs is 1. The molecule has 0 aliphatic rings. The summed E-state index contributed by atoms with van der Waals surface area (Å²) in [6.45, 7) is 1.35. The number of esters is 1. The van der Waals surface area contributed by atoms with E-state index in [0.717, 1.165) is 6.07 Å². The lowest BCUT2D eigenvalue weighted by molar-refractivity contribution is -0.114. The number of anilines is 1. The lowest BCUT2D eigenvalue weighted by atomic mass is 10.1. The molecule has 1 amide bonds. The van der Waals surface area contributed by atoms with Gasteiger partial charge in [-0.25, -0.2) is 9.59 Å². The minimum atomic E-state index is -0.700. The standard InChI is InChI=1S/C14H13NO6/c1-7(16)15-8-4-9-10(14(18)20-3)6-12(17)21-13(9)11(5-8)19-2/h4-6H,1-3H3,(H,15,16). The van der Waals surface area contributed by atoms with E-state index in [1.54, 1.807) is 0 Å². The van der Waals surface area contributed by atoms with Crippen LogP contribution < -0.4 is 15.7 Å². The molecule has 21 heavy (non-hydrogen) atoms. The molecule has 0 fully saturated rings. The molecule has 0 radical (unpaired) electrons. The molecule has 1 aromatic carbocycles. The van der Waals surface area contributed by atoms with Crippen LogP contribution in [0.5, 0.6) is 5.75 Å². The molecule has 0 saturated carbocycles. The second-order valence-electron chi connectivity index (χ2n) is 4.21. The van der Waals surface area contributed by atoms with Crippen molar-refractivity contribution in [2.45, 2.75) is 6.92 Å². The lowest BCUT2D eigenvalue weighted by Crippen LogP contribution is -2.10. The Kier molecular flexibility index (Phi) is 3.93. The van der Waals surface area contributed by atoms with Crippen LogP contribution in [0.2, 0.25) is 0 Å². The minimum absolute atomic E-state index is 0.0363. The van der Waals surface area contributed by atoms with Crippen molar-refractivity contribution in [3.05, 3.63) is 34.2 Å². The Bertz CT molecular complexity index is 777. The summed E-state index contributed by atoms with van der Waals surface area (Å²) in [6, 6.07) is 4.04. The van der Waals surface area contributed by atoms with Gasteiger partial charge in [0.15, 0.2) is 11.3 Å². The number of methoxy groups -OCH3 is 2. The third kappa shape index (κ3) is 2.86. The molecular weight excluding hydrogens is 278 g/mol. The number of rotatable bonds is 3. The van der Waals surface area contributed by atoms with Gasteiger partial charge in [-0.3, -0.25) is 4.79 Å². The maximum Gasteiger partial charge on any atom is 0.338 e. The number of ether oxygens (including phenoxy) is 2. The Morgan fingerprint density at radius 3 is 2.48 bits per heavy atom. The molecule has 0 aliphatic carbocycles. The highest BCUT2D eigenvalue weighted by Gasteiger charge is 2.18. The molecule has 0 unspecified atom stereocenters. The number of benzene rings is 1. The zero-order valence-electron chi connectivity index (χ0n) is 11.7. The average molecular weight is 291 g/mol. The zero-order valence-corrected chi connectivity index (χ0v) is 11.7. The summed E-state index contributed by atoms with van der Waals surface area (Å²) in [5, 5.41) is 2.89. The highest BCUT2D eigenvalue weighted by molar-refractivity contribution is 6.05. The Morgan fingerprint density at radius 1 is 1.19 bits per heavy atom. The number of carbonyl (C=O) groups excluding carboxylic acids is 2. The van der Waals surface area contributed by atoms with Gasteiger partial charge >= 0.3 is 11.6 Å². The van der Waals surface area contributed by atoms with Gasteiger partial charge in [0, 0.05) is 30.1 Å². The number of hydrogen-bond acceptors (Lipinski definition) is 6. The second kappa shape index (κ2) is 5.66. The molecule has 2 aromatic rings. The first-order valence-electron chi connectivity index (χ1n) is 5.98. The van der Waals surface area contributed by atoms with Crippen molar-refractivity contribution in [2.75, 3.05) is 19.5 Å². The fourth-order valence-electron chi connectivity index (χ4n) is 1.94. The quantitative estimate of drug-likeness (QED) is 0.681. The van der Waals surface area contributed by atoms with Gasteiger partial charge in [-0.2, -0.15) is 0 Å². The molecule has 0 bridgehead atoms. The summed E-state index contributed by atoms with van der Waals surface area (Å²) < 4.78 is 14.9. The largest absolute Gasteiger partial charge is 0.493 e. The molecule has 7 nitrogen and oxygen atoms in total. The first kappa shape index (κ1) is 14.6. The van der Waals surface area contributed by atoms with Crippen LogP contribution in [-0.4, -0.2) is 26.1 Å². The number of hydrogen-bond donors (Lipinski definition) is 1. The summed E-state index contributed by atoms with van der Waals surface area (Å²) in [4.78, 5) is 34.5. The van der Waals surface area contributed by atoms with Gasteiger partial charge < -0.3 is 19.2 Å². The van der Waals surface area contributed by atoms with Gasteiger partial charge in [-0.05, 0) is 6.07 Å². The van der Waals surface area contributed by atoms with Crippen LogP contribution in [0.4, 0.5) is 5.69 Å². The topological polar surface area (TPSA) is 94.8 Å². The highest BCUT2D eigenvalue weighted by Crippen LogP contribution is 2.31. The summed E-state index contributed by atoms with van der Waals surface area (Å²) in [7, 11) is 2.59. The maximum atomic E-state index is 11.8. The van der Waals surface area contributed by atoms with Crippen molar-refractivity contribution < 1.29 is 23.5 Å². The van der Waals surface area contributed by atoms with E-state index in [0.29, 0.717) is 11.1 Å². The normalized spacial score (nSPS) is 10.2. The molecule has 7 heteroatoms. The molecule has 0 spiro atoms. The fraction of sp³-hybridized carbons (Fsp3) is 0.214. The van der Waals surface area contributed by atoms with Crippen molar-refractivity contribution in [3.8, 4) is 5.75 Å². The molecule has 1 aromatic heterocycles. The first-order valence-corrected chi connectivity index (χ1v) is 5.98. The van der Waals surface area contributed by atoms with E-state index < -0.39 is 11.6 Å². The predicted octanol–water partition coefficient (Wildman–Crippen LogP) is 1.55. The van der Waals surface area contributed by atoms with Crippen LogP contribution >= 0.6 is 0 Å². The third-order valence-electron chi connectivity index (χ3n) is 2.76. The van der Waals surface area contributed by atoms with Gasteiger partial charge in [0.25, 0.3) is 0 Å². The molecule has 1 heterocycles. The van der Waals surface area contributed by atoms with Crippen LogP contribution in [0.15, 0.2) is 27.4 Å². The SMILES string of the molecule is COC(=O)c1cc(=O)oc2c(OC)cc(NC(C)=O)cc12. The molecule has 110 valence electrons. The molecular formula is C14H13NO6. The predicted molar refractivity (Wildman–Crippen MR) is 74.7 cm³/mol. The zero-order chi connectivity index (χ0) is 15.6. The monoisotopic (exact) mass is 291 g/mol. The van der Waals surface area contributed by atoms with E-state index in [1.165, 1.54) is 33.3 Å². The Balaban J connectivity index is 2.81. The van der Waals surface area contributed by atoms with Crippen LogP contribution in [0.1, 0.15) is 17.3 Å². The second-order valence-corrected chi connectivity index (χ2v) is 4.21. The van der Waals surface area contributed by atoms with Gasteiger partial charge in [0.2, 0.25) is 5.91 Å². The Morgan fingerprint density at radius 2 is 1.90 bits per heavy atom. The molecule has 0 atom stereocenters.